The molecule has 4 rings (SSSR count). The molecule has 1 amide bonds. The van der Waals surface area contributed by atoms with E-state index < -0.39 is 10.8 Å². The van der Waals surface area contributed by atoms with Crippen LogP contribution in [0.25, 0.3) is 22.6 Å². The number of non-ortho nitro benzene ring substituents is 1. The molecule has 0 saturated heterocycles. The Morgan fingerprint density at radius 3 is 2.61 bits per heavy atom. The standard InChI is InChI=1S/C23H18ClN3O4/c1-12-9-13(2)21-20(10-12)26-23(31-21)16-5-4-6-19(14(16)3)25-22(28)17-8-7-15(27(29)30)11-18(17)24/h4-11H,1-3H3,(H,25,28). The molecule has 0 atom stereocenters. The van der Waals surface area contributed by atoms with E-state index in [4.69, 9.17) is 16.0 Å². The van der Waals surface area contributed by atoms with E-state index in [0.717, 1.165) is 39.4 Å². The normalized spacial score (nSPS) is 11.0. The molecule has 1 aromatic heterocycles. The molecule has 31 heavy (non-hydrogen) atoms. The number of nitrogens with zero attached hydrogens (tertiary/aromatic N) is 2. The molecule has 0 spiro atoms. The molecule has 1 N–H and O–H groups in total. The van der Waals surface area contributed by atoms with E-state index in [1.54, 1.807) is 12.1 Å². The van der Waals surface area contributed by atoms with Crippen LogP contribution in [-0.4, -0.2) is 15.8 Å². The fourth-order valence-electron chi connectivity index (χ4n) is 3.49. The monoisotopic (exact) mass is 435 g/mol. The number of aromatic nitrogens is 1. The van der Waals surface area contributed by atoms with Gasteiger partial charge < -0.3 is 9.73 Å². The first kappa shape index (κ1) is 20.6. The number of rotatable bonds is 4. The Balaban J connectivity index is 1.68. The Morgan fingerprint density at radius 1 is 1.13 bits per heavy atom. The number of anilines is 1. The Bertz CT molecular complexity index is 1360. The van der Waals surface area contributed by atoms with Crippen molar-refractivity contribution in [1.82, 2.24) is 4.98 Å². The molecule has 0 radical (unpaired) electrons. The number of hydrogen-bond acceptors (Lipinski definition) is 5. The molecule has 0 unspecified atom stereocenters. The lowest BCUT2D eigenvalue weighted by molar-refractivity contribution is -0.384. The zero-order valence-electron chi connectivity index (χ0n) is 17.0. The number of hydrogen-bond donors (Lipinski definition) is 1. The van der Waals surface area contributed by atoms with Crippen LogP contribution in [0.3, 0.4) is 0 Å². The summed E-state index contributed by atoms with van der Waals surface area (Å²) < 4.78 is 6.01. The highest BCUT2D eigenvalue weighted by Gasteiger charge is 2.18. The van der Waals surface area contributed by atoms with Gasteiger partial charge in [0.1, 0.15) is 5.52 Å². The molecular formula is C23H18ClN3O4. The SMILES string of the molecule is Cc1cc(C)c2oc(-c3cccc(NC(=O)c4ccc([N+](=O)[O-])cc4Cl)c3C)nc2c1. The summed E-state index contributed by atoms with van der Waals surface area (Å²) in [6.07, 6.45) is 0. The summed E-state index contributed by atoms with van der Waals surface area (Å²) in [7, 11) is 0. The largest absolute Gasteiger partial charge is 0.436 e. The Hall–Kier alpha value is -3.71. The minimum absolute atomic E-state index is 0.00491. The van der Waals surface area contributed by atoms with Crippen molar-refractivity contribution in [3.05, 3.63) is 85.9 Å². The van der Waals surface area contributed by atoms with Crippen LogP contribution < -0.4 is 5.32 Å². The number of benzene rings is 3. The molecule has 0 aliphatic carbocycles. The molecule has 0 fully saturated rings. The molecule has 4 aromatic rings. The number of carbonyl (C=O) groups is 1. The fourth-order valence-corrected chi connectivity index (χ4v) is 3.75. The van der Waals surface area contributed by atoms with Crippen LogP contribution in [0.2, 0.25) is 5.02 Å². The highest BCUT2D eigenvalue weighted by Crippen LogP contribution is 2.32. The van der Waals surface area contributed by atoms with Gasteiger partial charge in [0.25, 0.3) is 11.6 Å². The second-order valence-electron chi connectivity index (χ2n) is 7.30. The number of amides is 1. The van der Waals surface area contributed by atoms with Gasteiger partial charge in [0.15, 0.2) is 5.58 Å². The number of fused-ring (bicyclic) bond motifs is 1. The van der Waals surface area contributed by atoms with E-state index in [-0.39, 0.29) is 16.3 Å². The topological polar surface area (TPSA) is 98.3 Å². The van der Waals surface area contributed by atoms with E-state index in [1.807, 2.05) is 39.0 Å². The van der Waals surface area contributed by atoms with Crippen LogP contribution in [0.5, 0.6) is 0 Å². The molecule has 1 heterocycles. The summed E-state index contributed by atoms with van der Waals surface area (Å²) in [6.45, 7) is 5.84. The number of aryl methyl sites for hydroxylation is 2. The number of carbonyl (C=O) groups excluding carboxylic acids is 1. The molecular weight excluding hydrogens is 418 g/mol. The number of oxazole rings is 1. The molecule has 3 aromatic carbocycles. The van der Waals surface area contributed by atoms with Crippen molar-refractivity contribution in [1.29, 1.82) is 0 Å². The second-order valence-corrected chi connectivity index (χ2v) is 7.71. The Labute approximate surface area is 182 Å². The van der Waals surface area contributed by atoms with Crippen LogP contribution in [0, 0.1) is 30.9 Å². The van der Waals surface area contributed by atoms with E-state index in [2.05, 4.69) is 10.3 Å². The third kappa shape index (κ3) is 3.87. The van der Waals surface area contributed by atoms with E-state index in [1.165, 1.54) is 12.1 Å². The van der Waals surface area contributed by atoms with Gasteiger partial charge in [0.05, 0.1) is 15.5 Å². The minimum atomic E-state index is -0.565. The maximum atomic E-state index is 12.7. The predicted molar refractivity (Wildman–Crippen MR) is 120 cm³/mol. The van der Waals surface area contributed by atoms with Crippen LogP contribution in [0.1, 0.15) is 27.0 Å². The Morgan fingerprint density at radius 2 is 1.90 bits per heavy atom. The second kappa shape index (κ2) is 7.85. The highest BCUT2D eigenvalue weighted by molar-refractivity contribution is 6.34. The first-order chi connectivity index (χ1) is 14.7. The smallest absolute Gasteiger partial charge is 0.270 e. The number of nitro benzene ring substituents is 1. The van der Waals surface area contributed by atoms with Crippen molar-refractivity contribution < 1.29 is 14.1 Å². The lowest BCUT2D eigenvalue weighted by Crippen LogP contribution is -2.13. The molecule has 7 nitrogen and oxygen atoms in total. The summed E-state index contributed by atoms with van der Waals surface area (Å²) >= 11 is 6.08. The third-order valence-corrected chi connectivity index (χ3v) is 5.35. The zero-order chi connectivity index (χ0) is 22.3. The van der Waals surface area contributed by atoms with Gasteiger partial charge in [-0.25, -0.2) is 4.98 Å². The molecule has 0 aliphatic heterocycles. The number of halogens is 1. The van der Waals surface area contributed by atoms with Crippen molar-refractivity contribution in [3.63, 3.8) is 0 Å². The van der Waals surface area contributed by atoms with Crippen molar-refractivity contribution in [2.24, 2.45) is 0 Å². The predicted octanol–water partition coefficient (Wildman–Crippen LogP) is 6.23. The summed E-state index contributed by atoms with van der Waals surface area (Å²) in [5.74, 6) is -0.00477. The van der Waals surface area contributed by atoms with Gasteiger partial charge >= 0.3 is 0 Å². The van der Waals surface area contributed by atoms with Gasteiger partial charge in [0.2, 0.25) is 5.89 Å². The summed E-state index contributed by atoms with van der Waals surface area (Å²) in [5, 5.41) is 13.7. The summed E-state index contributed by atoms with van der Waals surface area (Å²) in [4.78, 5) is 27.7. The van der Waals surface area contributed by atoms with Crippen LogP contribution >= 0.6 is 11.6 Å². The maximum Gasteiger partial charge on any atom is 0.270 e. The van der Waals surface area contributed by atoms with Crippen molar-refractivity contribution in [3.8, 4) is 11.5 Å². The maximum absolute atomic E-state index is 12.7. The molecule has 0 aliphatic rings. The third-order valence-electron chi connectivity index (χ3n) is 5.04. The highest BCUT2D eigenvalue weighted by atomic mass is 35.5. The van der Waals surface area contributed by atoms with Gasteiger partial charge in [-0.1, -0.05) is 23.7 Å². The van der Waals surface area contributed by atoms with Crippen molar-refractivity contribution >= 4 is 40.0 Å². The van der Waals surface area contributed by atoms with Gasteiger partial charge in [-0.3, -0.25) is 14.9 Å². The number of nitro groups is 1. The van der Waals surface area contributed by atoms with Crippen molar-refractivity contribution in [2.45, 2.75) is 20.8 Å². The van der Waals surface area contributed by atoms with Gasteiger partial charge in [-0.05, 0) is 61.7 Å². The summed E-state index contributed by atoms with van der Waals surface area (Å²) in [5.41, 5.74) is 5.66. The average molecular weight is 436 g/mol. The van der Waals surface area contributed by atoms with Crippen molar-refractivity contribution in [2.75, 3.05) is 5.32 Å². The van der Waals surface area contributed by atoms with Gasteiger partial charge in [-0.2, -0.15) is 0 Å². The van der Waals surface area contributed by atoms with Crippen LogP contribution in [0.15, 0.2) is 52.9 Å². The first-order valence-electron chi connectivity index (χ1n) is 9.47. The average Bonchev–Trinajstić information content (AvgIpc) is 3.13. The van der Waals surface area contributed by atoms with E-state index >= 15 is 0 Å². The zero-order valence-corrected chi connectivity index (χ0v) is 17.8. The number of nitrogens with one attached hydrogen (secondary N) is 1. The van der Waals surface area contributed by atoms with Gasteiger partial charge in [-0.15, -0.1) is 0 Å². The van der Waals surface area contributed by atoms with Crippen LogP contribution in [-0.2, 0) is 0 Å². The van der Waals surface area contributed by atoms with Gasteiger partial charge in [0, 0.05) is 23.4 Å². The Kier molecular flexibility index (Phi) is 5.20. The molecule has 0 bridgehead atoms. The molecule has 8 heteroatoms. The van der Waals surface area contributed by atoms with E-state index in [0.29, 0.717) is 11.6 Å². The molecule has 156 valence electrons. The summed E-state index contributed by atoms with van der Waals surface area (Å²) in [6, 6.07) is 13.2. The lowest BCUT2D eigenvalue weighted by Gasteiger charge is -2.11. The fraction of sp³-hybridized carbons (Fsp3) is 0.130. The molecule has 0 saturated carbocycles. The lowest BCUT2D eigenvalue weighted by atomic mass is 10.1. The quantitative estimate of drug-likeness (QED) is 0.302. The minimum Gasteiger partial charge on any atom is -0.436 e. The van der Waals surface area contributed by atoms with E-state index in [9.17, 15) is 14.9 Å². The first-order valence-corrected chi connectivity index (χ1v) is 9.85. The van der Waals surface area contributed by atoms with Crippen LogP contribution in [0.4, 0.5) is 11.4 Å².